The molecule has 0 aromatic rings. The molecule has 1 rings (SSSR count). The van der Waals surface area contributed by atoms with Gasteiger partial charge in [-0.05, 0) is 38.5 Å². The monoisotopic (exact) mass is 486 g/mol. The van der Waals surface area contributed by atoms with Crippen LogP contribution in [-0.4, -0.2) is 61.8 Å². The Kier molecular flexibility index (Phi) is 17.4. The van der Waals surface area contributed by atoms with Gasteiger partial charge in [0.15, 0.2) is 5.79 Å². The van der Waals surface area contributed by atoms with Gasteiger partial charge in [-0.2, -0.15) is 0 Å². The van der Waals surface area contributed by atoms with Crippen LogP contribution in [0.2, 0.25) is 0 Å². The van der Waals surface area contributed by atoms with Gasteiger partial charge in [0.2, 0.25) is 0 Å². The van der Waals surface area contributed by atoms with Gasteiger partial charge in [-0.15, -0.1) is 0 Å². The van der Waals surface area contributed by atoms with E-state index in [1.165, 1.54) is 64.2 Å². The minimum absolute atomic E-state index is 0.145. The molecule has 1 aliphatic heterocycles. The summed E-state index contributed by atoms with van der Waals surface area (Å²) in [6.07, 6.45) is 16.9. The second-order valence-electron chi connectivity index (χ2n) is 10.3. The number of hydrogen-bond donors (Lipinski definition) is 5. The molecule has 6 heteroatoms. The molecular formula is C28H54O6. The van der Waals surface area contributed by atoms with Gasteiger partial charge in [0.25, 0.3) is 0 Å². The number of hydrogen-bond acceptors (Lipinski definition) is 6. The smallest absolute Gasteiger partial charge is 0.195 e. The Balaban J connectivity index is 2.11. The van der Waals surface area contributed by atoms with Gasteiger partial charge in [0, 0.05) is 6.42 Å². The van der Waals surface area contributed by atoms with E-state index in [2.05, 4.69) is 19.1 Å². The van der Waals surface area contributed by atoms with Crippen LogP contribution in [0, 0.1) is 0 Å². The van der Waals surface area contributed by atoms with Crippen LogP contribution >= 0.6 is 0 Å². The Morgan fingerprint density at radius 1 is 0.706 bits per heavy atom. The maximum absolute atomic E-state index is 10.6. The van der Waals surface area contributed by atoms with Crippen LogP contribution in [0.3, 0.4) is 0 Å². The number of unbranched alkanes of at least 4 members (excludes halogenated alkanes) is 13. The van der Waals surface area contributed by atoms with Gasteiger partial charge in [-0.1, -0.05) is 96.6 Å². The SMILES string of the molecule is CCCCCCCC/C=C\CCCCCCCCC(O)[C@H]1OC(O)(CCCC)[C@H](O)[C@@H](O)[C@@H]1O. The standard InChI is InChI=1S/C28H54O6/c1-3-5-7-8-9-10-11-12-13-14-15-16-17-18-19-20-21-23(29)26-24(30)25(31)27(32)28(33,34-26)22-6-4-2/h12-13,23-27,29-33H,3-11,14-22H2,1-2H3/b13-12-/t23?,24-,25-,26+,27+,28?/m0/s1. The van der Waals surface area contributed by atoms with Crippen LogP contribution in [0.1, 0.15) is 129 Å². The Hall–Kier alpha value is -0.500. The second kappa shape index (κ2) is 18.7. The third-order valence-electron chi connectivity index (χ3n) is 7.09. The highest BCUT2D eigenvalue weighted by atomic mass is 16.7. The molecule has 0 aliphatic carbocycles. The lowest BCUT2D eigenvalue weighted by Gasteiger charge is -2.47. The highest BCUT2D eigenvalue weighted by Gasteiger charge is 2.53. The minimum atomic E-state index is -1.94. The number of aliphatic hydroxyl groups excluding tert-OH is 4. The molecule has 34 heavy (non-hydrogen) atoms. The maximum atomic E-state index is 10.6. The minimum Gasteiger partial charge on any atom is -0.390 e. The van der Waals surface area contributed by atoms with Crippen LogP contribution < -0.4 is 0 Å². The summed E-state index contributed by atoms with van der Waals surface area (Å²) in [4.78, 5) is 0. The maximum Gasteiger partial charge on any atom is 0.195 e. The highest BCUT2D eigenvalue weighted by molar-refractivity contribution is 4.98. The summed E-state index contributed by atoms with van der Waals surface area (Å²) in [6.45, 7) is 4.20. The molecule has 6 nitrogen and oxygen atoms in total. The molecule has 0 radical (unpaired) electrons. The summed E-state index contributed by atoms with van der Waals surface area (Å²) in [7, 11) is 0. The second-order valence-corrected chi connectivity index (χ2v) is 10.3. The third kappa shape index (κ3) is 12.0. The highest BCUT2D eigenvalue weighted by Crippen LogP contribution is 2.34. The Morgan fingerprint density at radius 3 is 1.76 bits per heavy atom. The fourth-order valence-electron chi connectivity index (χ4n) is 4.73. The zero-order chi connectivity index (χ0) is 25.2. The quantitative estimate of drug-likeness (QED) is 0.120. The Bertz CT molecular complexity index is 513. The molecule has 0 saturated carbocycles. The van der Waals surface area contributed by atoms with E-state index in [0.717, 1.165) is 32.1 Å². The normalized spacial score (nSPS) is 28.6. The lowest BCUT2D eigenvalue weighted by atomic mass is 9.86. The molecule has 5 N–H and O–H groups in total. The first-order chi connectivity index (χ1) is 16.4. The molecule has 1 saturated heterocycles. The lowest BCUT2D eigenvalue weighted by Crippen LogP contribution is -2.66. The van der Waals surface area contributed by atoms with Gasteiger partial charge in [-0.3, -0.25) is 0 Å². The predicted molar refractivity (Wildman–Crippen MR) is 137 cm³/mol. The van der Waals surface area contributed by atoms with Crippen molar-refractivity contribution in [2.75, 3.05) is 0 Å². The number of aliphatic hydroxyl groups is 5. The van der Waals surface area contributed by atoms with Crippen LogP contribution in [0.25, 0.3) is 0 Å². The van der Waals surface area contributed by atoms with Gasteiger partial charge < -0.3 is 30.3 Å². The molecule has 2 unspecified atom stereocenters. The van der Waals surface area contributed by atoms with Crippen molar-refractivity contribution in [3.63, 3.8) is 0 Å². The van der Waals surface area contributed by atoms with Crippen LogP contribution in [0.4, 0.5) is 0 Å². The molecule has 1 fully saturated rings. The van der Waals surface area contributed by atoms with E-state index in [4.69, 9.17) is 4.74 Å². The first-order valence-corrected chi connectivity index (χ1v) is 14.1. The summed E-state index contributed by atoms with van der Waals surface area (Å²) in [6, 6.07) is 0. The fraction of sp³-hybridized carbons (Fsp3) is 0.929. The summed E-state index contributed by atoms with van der Waals surface area (Å²) in [5.74, 6) is -1.94. The van der Waals surface area contributed by atoms with Gasteiger partial charge in [-0.25, -0.2) is 0 Å². The van der Waals surface area contributed by atoms with E-state index in [1.807, 2.05) is 6.92 Å². The molecule has 1 heterocycles. The van der Waals surface area contributed by atoms with Gasteiger partial charge >= 0.3 is 0 Å². The van der Waals surface area contributed by atoms with Crippen molar-refractivity contribution in [2.24, 2.45) is 0 Å². The van der Waals surface area contributed by atoms with Crippen molar-refractivity contribution in [3.05, 3.63) is 12.2 Å². The number of allylic oxidation sites excluding steroid dienone is 2. The molecular weight excluding hydrogens is 432 g/mol. The summed E-state index contributed by atoms with van der Waals surface area (Å²) in [5, 5.41) is 51.7. The van der Waals surface area contributed by atoms with E-state index in [-0.39, 0.29) is 6.42 Å². The van der Waals surface area contributed by atoms with Crippen LogP contribution in [0.15, 0.2) is 12.2 Å². The fourth-order valence-corrected chi connectivity index (χ4v) is 4.73. The summed E-state index contributed by atoms with van der Waals surface area (Å²) >= 11 is 0. The average Bonchev–Trinajstić information content (AvgIpc) is 2.83. The summed E-state index contributed by atoms with van der Waals surface area (Å²) < 4.78 is 5.55. The lowest BCUT2D eigenvalue weighted by molar-refractivity contribution is -0.359. The zero-order valence-corrected chi connectivity index (χ0v) is 21.9. The summed E-state index contributed by atoms with van der Waals surface area (Å²) in [5.41, 5.74) is 0. The van der Waals surface area contributed by atoms with Crippen molar-refractivity contribution in [1.29, 1.82) is 0 Å². The van der Waals surface area contributed by atoms with E-state index < -0.39 is 36.3 Å². The van der Waals surface area contributed by atoms with E-state index in [9.17, 15) is 25.5 Å². The van der Waals surface area contributed by atoms with Gasteiger partial charge in [0.1, 0.15) is 24.4 Å². The van der Waals surface area contributed by atoms with E-state index in [0.29, 0.717) is 12.8 Å². The topological polar surface area (TPSA) is 110 Å². The molecule has 0 bridgehead atoms. The molecule has 202 valence electrons. The van der Waals surface area contributed by atoms with Crippen molar-refractivity contribution in [2.45, 2.75) is 166 Å². The molecule has 6 atom stereocenters. The van der Waals surface area contributed by atoms with Crippen molar-refractivity contribution < 1.29 is 30.3 Å². The largest absolute Gasteiger partial charge is 0.390 e. The van der Waals surface area contributed by atoms with E-state index in [1.54, 1.807) is 0 Å². The molecule has 1 aliphatic rings. The predicted octanol–water partition coefficient (Wildman–Crippen LogP) is 5.14. The van der Waals surface area contributed by atoms with Crippen molar-refractivity contribution in [3.8, 4) is 0 Å². The Labute approximate surface area is 208 Å². The number of rotatable bonds is 20. The Morgan fingerprint density at radius 2 is 1.21 bits per heavy atom. The van der Waals surface area contributed by atoms with Crippen LogP contribution in [0.5, 0.6) is 0 Å². The average molecular weight is 487 g/mol. The van der Waals surface area contributed by atoms with Crippen LogP contribution in [-0.2, 0) is 4.74 Å². The molecule has 0 spiro atoms. The number of ether oxygens (including phenoxy) is 1. The first kappa shape index (κ1) is 31.5. The van der Waals surface area contributed by atoms with Gasteiger partial charge in [0.05, 0.1) is 6.10 Å². The zero-order valence-electron chi connectivity index (χ0n) is 21.9. The van der Waals surface area contributed by atoms with Crippen molar-refractivity contribution in [1.82, 2.24) is 0 Å². The molecule has 0 aromatic carbocycles. The molecule has 0 aromatic heterocycles. The van der Waals surface area contributed by atoms with Crippen molar-refractivity contribution >= 4 is 0 Å². The van der Waals surface area contributed by atoms with E-state index >= 15 is 0 Å². The third-order valence-corrected chi connectivity index (χ3v) is 7.09. The first-order valence-electron chi connectivity index (χ1n) is 14.1. The molecule has 0 amide bonds.